The molecule has 1 aliphatic rings. The SMILES string of the molecule is CN(CC(=O)NCCC#N)Cc1ccc2c(c1)OCO2. The Morgan fingerprint density at radius 1 is 1.45 bits per heavy atom. The van der Waals surface area contributed by atoms with Crippen molar-refractivity contribution in [2.45, 2.75) is 13.0 Å². The van der Waals surface area contributed by atoms with E-state index in [1.54, 1.807) is 0 Å². The summed E-state index contributed by atoms with van der Waals surface area (Å²) in [7, 11) is 1.87. The summed E-state index contributed by atoms with van der Waals surface area (Å²) < 4.78 is 10.6. The minimum Gasteiger partial charge on any atom is -0.454 e. The van der Waals surface area contributed by atoms with Crippen molar-refractivity contribution in [3.63, 3.8) is 0 Å². The molecule has 0 unspecified atom stereocenters. The number of likely N-dealkylation sites (N-methyl/N-ethyl adjacent to an activating group) is 1. The van der Waals surface area contributed by atoms with E-state index < -0.39 is 0 Å². The van der Waals surface area contributed by atoms with Gasteiger partial charge in [0.05, 0.1) is 19.0 Å². The van der Waals surface area contributed by atoms with Crippen LogP contribution < -0.4 is 14.8 Å². The second kappa shape index (κ2) is 6.78. The van der Waals surface area contributed by atoms with Crippen molar-refractivity contribution >= 4 is 5.91 Å². The lowest BCUT2D eigenvalue weighted by molar-refractivity contribution is -0.122. The molecule has 106 valence electrons. The molecule has 1 aliphatic heterocycles. The summed E-state index contributed by atoms with van der Waals surface area (Å²) in [5.74, 6) is 1.42. The molecule has 1 aromatic rings. The summed E-state index contributed by atoms with van der Waals surface area (Å²) in [6.07, 6.45) is 0.331. The topological polar surface area (TPSA) is 74.6 Å². The van der Waals surface area contributed by atoms with Crippen LogP contribution in [0.1, 0.15) is 12.0 Å². The Morgan fingerprint density at radius 3 is 3.05 bits per heavy atom. The van der Waals surface area contributed by atoms with Crippen molar-refractivity contribution in [1.82, 2.24) is 10.2 Å². The Balaban J connectivity index is 1.81. The van der Waals surface area contributed by atoms with Crippen molar-refractivity contribution in [3.05, 3.63) is 23.8 Å². The quantitative estimate of drug-likeness (QED) is 0.780. The summed E-state index contributed by atoms with van der Waals surface area (Å²) in [6, 6.07) is 7.74. The van der Waals surface area contributed by atoms with E-state index in [0.717, 1.165) is 17.1 Å². The highest BCUT2D eigenvalue weighted by molar-refractivity contribution is 5.77. The van der Waals surface area contributed by atoms with Crippen LogP contribution in [-0.4, -0.2) is 37.7 Å². The molecule has 6 nitrogen and oxygen atoms in total. The number of carbonyl (C=O) groups excluding carboxylic acids is 1. The third-order valence-electron chi connectivity index (χ3n) is 2.86. The van der Waals surface area contributed by atoms with Gasteiger partial charge in [0.15, 0.2) is 11.5 Å². The van der Waals surface area contributed by atoms with Gasteiger partial charge in [0, 0.05) is 13.1 Å². The lowest BCUT2D eigenvalue weighted by atomic mass is 10.2. The third-order valence-corrected chi connectivity index (χ3v) is 2.86. The first-order valence-corrected chi connectivity index (χ1v) is 6.40. The predicted octanol–water partition coefficient (Wildman–Crippen LogP) is 0.877. The monoisotopic (exact) mass is 275 g/mol. The first-order valence-electron chi connectivity index (χ1n) is 6.40. The lowest BCUT2D eigenvalue weighted by Gasteiger charge is -2.16. The predicted molar refractivity (Wildman–Crippen MR) is 72.1 cm³/mol. The van der Waals surface area contributed by atoms with Gasteiger partial charge in [-0.3, -0.25) is 9.69 Å². The highest BCUT2D eigenvalue weighted by Crippen LogP contribution is 2.32. The van der Waals surface area contributed by atoms with Crippen molar-refractivity contribution in [2.24, 2.45) is 0 Å². The normalized spacial score (nSPS) is 12.2. The number of hydrogen-bond acceptors (Lipinski definition) is 5. The lowest BCUT2D eigenvalue weighted by Crippen LogP contribution is -2.35. The summed E-state index contributed by atoms with van der Waals surface area (Å²) in [6.45, 7) is 1.59. The fourth-order valence-corrected chi connectivity index (χ4v) is 1.97. The molecule has 0 spiro atoms. The average Bonchev–Trinajstić information content (AvgIpc) is 2.86. The van der Waals surface area contributed by atoms with Gasteiger partial charge in [0.25, 0.3) is 0 Å². The minimum absolute atomic E-state index is 0.0801. The summed E-state index contributed by atoms with van der Waals surface area (Å²) in [4.78, 5) is 13.5. The zero-order chi connectivity index (χ0) is 14.4. The van der Waals surface area contributed by atoms with Crippen LogP contribution in [0.5, 0.6) is 11.5 Å². The number of nitriles is 1. The van der Waals surface area contributed by atoms with Gasteiger partial charge >= 0.3 is 0 Å². The maximum Gasteiger partial charge on any atom is 0.234 e. The molecule has 0 fully saturated rings. The molecule has 6 heteroatoms. The molecule has 0 aliphatic carbocycles. The average molecular weight is 275 g/mol. The van der Waals surface area contributed by atoms with Gasteiger partial charge in [-0.2, -0.15) is 5.26 Å². The fraction of sp³-hybridized carbons (Fsp3) is 0.429. The molecular weight excluding hydrogens is 258 g/mol. The summed E-state index contributed by atoms with van der Waals surface area (Å²) in [5, 5.41) is 11.1. The van der Waals surface area contributed by atoms with E-state index in [9.17, 15) is 4.79 Å². The number of carbonyl (C=O) groups is 1. The van der Waals surface area contributed by atoms with Crippen LogP contribution in [0.15, 0.2) is 18.2 Å². The molecule has 0 saturated carbocycles. The molecule has 0 radical (unpaired) electrons. The van der Waals surface area contributed by atoms with E-state index in [4.69, 9.17) is 14.7 Å². The molecule has 0 aromatic heterocycles. The standard InChI is InChI=1S/C14H17N3O3/c1-17(9-14(18)16-6-2-5-15)8-11-3-4-12-13(7-11)20-10-19-12/h3-4,7H,2,6,8-10H2,1H3,(H,16,18). The molecule has 1 amide bonds. The van der Waals surface area contributed by atoms with E-state index in [0.29, 0.717) is 26.1 Å². The molecular formula is C14H17N3O3. The molecule has 1 aromatic carbocycles. The maximum atomic E-state index is 11.6. The van der Waals surface area contributed by atoms with Crippen LogP contribution >= 0.6 is 0 Å². The molecule has 0 bridgehead atoms. The van der Waals surface area contributed by atoms with Crippen molar-refractivity contribution in [2.75, 3.05) is 26.9 Å². The highest BCUT2D eigenvalue weighted by Gasteiger charge is 2.14. The van der Waals surface area contributed by atoms with Crippen molar-refractivity contribution in [1.29, 1.82) is 5.26 Å². The Bertz CT molecular complexity index is 525. The summed E-state index contributed by atoms with van der Waals surface area (Å²) in [5.41, 5.74) is 1.06. The van der Waals surface area contributed by atoms with Gasteiger partial charge in [-0.05, 0) is 24.7 Å². The maximum absolute atomic E-state index is 11.6. The van der Waals surface area contributed by atoms with Crippen LogP contribution in [0.3, 0.4) is 0 Å². The first-order chi connectivity index (χ1) is 9.69. The van der Waals surface area contributed by atoms with Crippen LogP contribution in [0.4, 0.5) is 0 Å². The molecule has 0 saturated heterocycles. The van der Waals surface area contributed by atoms with Crippen LogP contribution in [0.25, 0.3) is 0 Å². The largest absolute Gasteiger partial charge is 0.454 e. The van der Waals surface area contributed by atoms with Crippen molar-refractivity contribution < 1.29 is 14.3 Å². The number of ether oxygens (including phenoxy) is 2. The van der Waals surface area contributed by atoms with Gasteiger partial charge in [-0.1, -0.05) is 6.07 Å². The second-order valence-electron chi connectivity index (χ2n) is 4.62. The number of fused-ring (bicyclic) bond motifs is 1. The van der Waals surface area contributed by atoms with Gasteiger partial charge in [0.2, 0.25) is 12.7 Å². The zero-order valence-corrected chi connectivity index (χ0v) is 11.4. The third kappa shape index (κ3) is 3.87. The van der Waals surface area contributed by atoms with E-state index in [-0.39, 0.29) is 12.7 Å². The van der Waals surface area contributed by atoms with Crippen molar-refractivity contribution in [3.8, 4) is 17.6 Å². The Hall–Kier alpha value is -2.26. The Labute approximate surface area is 117 Å². The Morgan fingerprint density at radius 2 is 2.25 bits per heavy atom. The van der Waals surface area contributed by atoms with E-state index in [2.05, 4.69) is 5.32 Å². The number of benzene rings is 1. The van der Waals surface area contributed by atoms with Gasteiger partial charge in [0.1, 0.15) is 0 Å². The smallest absolute Gasteiger partial charge is 0.234 e. The molecule has 1 heterocycles. The zero-order valence-electron chi connectivity index (χ0n) is 11.4. The molecule has 0 atom stereocenters. The summed E-state index contributed by atoms with van der Waals surface area (Å²) >= 11 is 0. The van der Waals surface area contributed by atoms with Gasteiger partial charge in [-0.15, -0.1) is 0 Å². The minimum atomic E-state index is -0.0801. The second-order valence-corrected chi connectivity index (χ2v) is 4.62. The molecule has 2 rings (SSSR count). The van der Waals surface area contributed by atoms with E-state index >= 15 is 0 Å². The van der Waals surface area contributed by atoms with Crippen LogP contribution in [-0.2, 0) is 11.3 Å². The number of amides is 1. The van der Waals surface area contributed by atoms with Crippen LogP contribution in [0.2, 0.25) is 0 Å². The number of nitrogens with zero attached hydrogens (tertiary/aromatic N) is 2. The number of hydrogen-bond donors (Lipinski definition) is 1. The number of nitrogens with one attached hydrogen (secondary N) is 1. The van der Waals surface area contributed by atoms with Gasteiger partial charge in [-0.25, -0.2) is 0 Å². The Kier molecular flexibility index (Phi) is 4.80. The van der Waals surface area contributed by atoms with Gasteiger partial charge < -0.3 is 14.8 Å². The van der Waals surface area contributed by atoms with Crippen LogP contribution in [0, 0.1) is 11.3 Å². The fourth-order valence-electron chi connectivity index (χ4n) is 1.97. The number of rotatable bonds is 6. The molecule has 1 N–H and O–H groups in total. The van der Waals surface area contributed by atoms with E-state index in [1.807, 2.05) is 36.2 Å². The first kappa shape index (κ1) is 14.2. The molecule has 20 heavy (non-hydrogen) atoms. The van der Waals surface area contributed by atoms with E-state index in [1.165, 1.54) is 0 Å². The highest BCUT2D eigenvalue weighted by atomic mass is 16.7.